The van der Waals surface area contributed by atoms with Crippen molar-refractivity contribution in [2.75, 3.05) is 13.2 Å². The maximum absolute atomic E-state index is 12.6. The molecule has 2 rings (SSSR count). The van der Waals surface area contributed by atoms with Crippen LogP contribution in [-0.4, -0.2) is 45.6 Å². The fourth-order valence-electron chi connectivity index (χ4n) is 1.84. The number of aliphatic hydroxyl groups is 2. The van der Waals surface area contributed by atoms with Gasteiger partial charge in [0.1, 0.15) is 18.1 Å². The molecule has 0 aliphatic carbocycles. The van der Waals surface area contributed by atoms with Crippen LogP contribution in [0.15, 0.2) is 30.3 Å². The molecule has 10 heteroatoms. The highest BCUT2D eigenvalue weighted by atomic mass is 19.4. The molecule has 25 heavy (non-hydrogen) atoms. The molecule has 0 bridgehead atoms. The zero-order chi connectivity index (χ0) is 18.4. The van der Waals surface area contributed by atoms with E-state index in [-0.39, 0.29) is 24.6 Å². The monoisotopic (exact) mass is 359 g/mol. The number of aromatic amines is 1. The zero-order valence-electron chi connectivity index (χ0n) is 12.9. The Labute approximate surface area is 140 Å². The van der Waals surface area contributed by atoms with Crippen molar-refractivity contribution in [1.29, 1.82) is 0 Å². The number of hydrogen-bond acceptors (Lipinski definition) is 5. The summed E-state index contributed by atoms with van der Waals surface area (Å²) in [7, 11) is 0. The van der Waals surface area contributed by atoms with Gasteiger partial charge in [0.2, 0.25) is 0 Å². The van der Waals surface area contributed by atoms with E-state index in [2.05, 4.69) is 15.5 Å². The first kappa shape index (κ1) is 18.7. The largest absolute Gasteiger partial charge is 0.487 e. The Kier molecular flexibility index (Phi) is 5.99. The number of H-pyrrole nitrogens is 1. The Hall–Kier alpha value is -2.59. The summed E-state index contributed by atoms with van der Waals surface area (Å²) >= 11 is 0. The van der Waals surface area contributed by atoms with E-state index in [1.54, 1.807) is 0 Å². The summed E-state index contributed by atoms with van der Waals surface area (Å²) in [5.74, 6) is -0.546. The van der Waals surface area contributed by atoms with Crippen LogP contribution in [0.3, 0.4) is 0 Å². The van der Waals surface area contributed by atoms with E-state index in [0.29, 0.717) is 5.69 Å². The smallest absolute Gasteiger partial charge is 0.416 e. The molecular formula is C15H16F3N3O4. The van der Waals surface area contributed by atoms with Crippen molar-refractivity contribution in [3.63, 3.8) is 0 Å². The summed E-state index contributed by atoms with van der Waals surface area (Å²) in [6, 6.07) is 5.80. The zero-order valence-corrected chi connectivity index (χ0v) is 12.9. The Balaban J connectivity index is 1.92. The Morgan fingerprint density at radius 3 is 2.80 bits per heavy atom. The van der Waals surface area contributed by atoms with Crippen molar-refractivity contribution < 1.29 is 32.9 Å². The van der Waals surface area contributed by atoms with E-state index in [4.69, 9.17) is 14.9 Å². The molecule has 0 radical (unpaired) electrons. The Morgan fingerprint density at radius 1 is 1.36 bits per heavy atom. The van der Waals surface area contributed by atoms with Gasteiger partial charge in [-0.15, -0.1) is 0 Å². The molecular weight excluding hydrogens is 343 g/mol. The highest BCUT2D eigenvalue weighted by Crippen LogP contribution is 2.31. The van der Waals surface area contributed by atoms with Crippen molar-refractivity contribution in [1.82, 2.24) is 15.5 Å². The highest BCUT2D eigenvalue weighted by molar-refractivity contribution is 5.92. The molecule has 0 spiro atoms. The number of halogens is 3. The van der Waals surface area contributed by atoms with Gasteiger partial charge in [0.05, 0.1) is 24.0 Å². The molecule has 0 aliphatic rings. The van der Waals surface area contributed by atoms with E-state index in [1.165, 1.54) is 18.2 Å². The number of ether oxygens (including phenoxy) is 1. The van der Waals surface area contributed by atoms with Crippen LogP contribution in [0.2, 0.25) is 0 Å². The standard InChI is InChI=1S/C15H16F3N3O4/c16-15(17,18)9-2-1-3-12(4-9)25-8-10-5-13(21-20-10)14(24)19-6-11(23)7-22/h1-5,11,22-23H,6-8H2,(H,19,24)(H,20,21). The fraction of sp³-hybridized carbons (Fsp3) is 0.333. The predicted octanol–water partition coefficient (Wildman–Crippen LogP) is 1.09. The summed E-state index contributed by atoms with van der Waals surface area (Å²) in [6.45, 7) is -0.740. The van der Waals surface area contributed by atoms with Gasteiger partial charge in [-0.05, 0) is 24.3 Å². The number of carbonyl (C=O) groups excluding carboxylic acids is 1. The van der Waals surface area contributed by atoms with Crippen molar-refractivity contribution in [3.8, 4) is 5.75 Å². The number of benzene rings is 1. The van der Waals surface area contributed by atoms with Gasteiger partial charge in [-0.2, -0.15) is 18.3 Å². The minimum absolute atomic E-state index is 0.0211. The lowest BCUT2D eigenvalue weighted by atomic mass is 10.2. The third-order valence-corrected chi connectivity index (χ3v) is 3.13. The van der Waals surface area contributed by atoms with Crippen molar-refractivity contribution in [3.05, 3.63) is 47.3 Å². The third kappa shape index (κ3) is 5.47. The maximum Gasteiger partial charge on any atom is 0.416 e. The second-order valence-corrected chi connectivity index (χ2v) is 5.14. The number of carbonyl (C=O) groups is 1. The average Bonchev–Trinajstić information content (AvgIpc) is 3.06. The number of rotatable bonds is 7. The van der Waals surface area contributed by atoms with Crippen LogP contribution in [0.1, 0.15) is 21.7 Å². The van der Waals surface area contributed by atoms with Gasteiger partial charge in [0, 0.05) is 6.54 Å². The maximum atomic E-state index is 12.6. The molecule has 4 N–H and O–H groups in total. The topological polar surface area (TPSA) is 107 Å². The Bertz CT molecular complexity index is 718. The third-order valence-electron chi connectivity index (χ3n) is 3.13. The number of aromatic nitrogens is 2. The van der Waals surface area contributed by atoms with E-state index in [0.717, 1.165) is 12.1 Å². The molecule has 1 aromatic carbocycles. The van der Waals surface area contributed by atoms with Crippen LogP contribution in [-0.2, 0) is 12.8 Å². The summed E-state index contributed by atoms with van der Waals surface area (Å²) in [6.07, 6.45) is -5.54. The Morgan fingerprint density at radius 2 is 2.12 bits per heavy atom. The number of hydrogen-bond donors (Lipinski definition) is 4. The highest BCUT2D eigenvalue weighted by Gasteiger charge is 2.30. The lowest BCUT2D eigenvalue weighted by Crippen LogP contribution is -2.34. The second kappa shape index (κ2) is 7.99. The van der Waals surface area contributed by atoms with E-state index < -0.39 is 30.4 Å². The molecule has 1 aromatic heterocycles. The summed E-state index contributed by atoms with van der Waals surface area (Å²) in [4.78, 5) is 11.8. The molecule has 1 atom stereocenters. The van der Waals surface area contributed by atoms with Crippen LogP contribution in [0, 0.1) is 0 Å². The van der Waals surface area contributed by atoms with Crippen LogP contribution in [0.5, 0.6) is 5.75 Å². The molecule has 136 valence electrons. The quantitative estimate of drug-likeness (QED) is 0.592. The summed E-state index contributed by atoms with van der Waals surface area (Å²) in [5, 5.41) is 26.5. The lowest BCUT2D eigenvalue weighted by molar-refractivity contribution is -0.137. The van der Waals surface area contributed by atoms with E-state index >= 15 is 0 Å². The lowest BCUT2D eigenvalue weighted by Gasteiger charge is -2.09. The average molecular weight is 359 g/mol. The first-order chi connectivity index (χ1) is 11.8. The van der Waals surface area contributed by atoms with E-state index in [1.807, 2.05) is 0 Å². The molecule has 0 aliphatic heterocycles. The minimum Gasteiger partial charge on any atom is -0.487 e. The van der Waals surface area contributed by atoms with Gasteiger partial charge in [-0.3, -0.25) is 9.89 Å². The van der Waals surface area contributed by atoms with Gasteiger partial charge < -0.3 is 20.3 Å². The van der Waals surface area contributed by atoms with Gasteiger partial charge >= 0.3 is 6.18 Å². The number of nitrogens with one attached hydrogen (secondary N) is 2. The van der Waals surface area contributed by atoms with Crippen molar-refractivity contribution in [2.24, 2.45) is 0 Å². The molecule has 1 unspecified atom stereocenters. The number of amides is 1. The molecule has 1 amide bonds. The molecule has 0 saturated carbocycles. The molecule has 0 fully saturated rings. The fourth-order valence-corrected chi connectivity index (χ4v) is 1.84. The van der Waals surface area contributed by atoms with Crippen LogP contribution >= 0.6 is 0 Å². The molecule has 7 nitrogen and oxygen atoms in total. The van der Waals surface area contributed by atoms with Gasteiger partial charge in [0.15, 0.2) is 0 Å². The first-order valence-electron chi connectivity index (χ1n) is 7.21. The van der Waals surface area contributed by atoms with Crippen LogP contribution in [0.4, 0.5) is 13.2 Å². The van der Waals surface area contributed by atoms with Gasteiger partial charge in [0.25, 0.3) is 5.91 Å². The summed E-state index contributed by atoms with van der Waals surface area (Å²) < 4.78 is 43.1. The molecule has 0 saturated heterocycles. The van der Waals surface area contributed by atoms with Gasteiger partial charge in [-0.1, -0.05) is 6.07 Å². The van der Waals surface area contributed by atoms with Gasteiger partial charge in [-0.25, -0.2) is 0 Å². The SMILES string of the molecule is O=C(NCC(O)CO)c1cc(COc2cccc(C(F)(F)F)c2)[nH]n1. The molecule has 1 heterocycles. The normalized spacial score (nSPS) is 12.7. The predicted molar refractivity (Wildman–Crippen MR) is 79.8 cm³/mol. The minimum atomic E-state index is -4.46. The van der Waals surface area contributed by atoms with Crippen molar-refractivity contribution >= 4 is 5.91 Å². The second-order valence-electron chi connectivity index (χ2n) is 5.14. The van der Waals surface area contributed by atoms with Crippen LogP contribution in [0.25, 0.3) is 0 Å². The number of alkyl halides is 3. The summed E-state index contributed by atoms with van der Waals surface area (Å²) in [5.41, 5.74) is -0.421. The van der Waals surface area contributed by atoms with Crippen LogP contribution < -0.4 is 10.1 Å². The van der Waals surface area contributed by atoms with E-state index in [9.17, 15) is 18.0 Å². The number of nitrogens with zero attached hydrogens (tertiary/aromatic N) is 1. The first-order valence-corrected chi connectivity index (χ1v) is 7.21. The number of aliphatic hydroxyl groups excluding tert-OH is 2. The van der Waals surface area contributed by atoms with Crippen molar-refractivity contribution in [2.45, 2.75) is 18.9 Å². The molecule has 2 aromatic rings.